The Morgan fingerprint density at radius 1 is 1.40 bits per heavy atom. The van der Waals surface area contributed by atoms with Crippen molar-refractivity contribution in [3.8, 4) is 0 Å². The van der Waals surface area contributed by atoms with Crippen LogP contribution in [0.1, 0.15) is 29.3 Å². The average Bonchev–Trinajstić information content (AvgIpc) is 2.85. The Bertz CT molecular complexity index is 569. The SMILES string of the molecule is CCCn1cc(NCc2ccccc2C(=O)O)cn1.Cl. The Morgan fingerprint density at radius 3 is 2.85 bits per heavy atom. The number of hydrogen-bond acceptors (Lipinski definition) is 3. The van der Waals surface area contributed by atoms with E-state index in [2.05, 4.69) is 17.3 Å². The maximum absolute atomic E-state index is 11.1. The third-order valence-electron chi connectivity index (χ3n) is 2.82. The average molecular weight is 296 g/mol. The van der Waals surface area contributed by atoms with Crippen LogP contribution < -0.4 is 5.32 Å². The molecule has 2 N–H and O–H groups in total. The smallest absolute Gasteiger partial charge is 0.336 e. The monoisotopic (exact) mass is 295 g/mol. The number of carboxylic acids is 1. The molecule has 5 nitrogen and oxygen atoms in total. The molecule has 0 aliphatic rings. The second kappa shape index (κ2) is 7.55. The molecule has 0 atom stereocenters. The standard InChI is InChI=1S/C14H17N3O2.ClH/c1-2-7-17-10-12(9-16-17)15-8-11-5-3-4-6-13(11)14(18)19;/h3-6,9-10,15H,2,7-8H2,1H3,(H,18,19);1H. The lowest BCUT2D eigenvalue weighted by atomic mass is 10.1. The van der Waals surface area contributed by atoms with Gasteiger partial charge in [0.25, 0.3) is 0 Å². The van der Waals surface area contributed by atoms with E-state index in [1.807, 2.05) is 23.0 Å². The predicted molar refractivity (Wildman–Crippen MR) is 80.5 cm³/mol. The van der Waals surface area contributed by atoms with Gasteiger partial charge in [-0.1, -0.05) is 25.1 Å². The molecule has 0 fully saturated rings. The first-order chi connectivity index (χ1) is 9.20. The van der Waals surface area contributed by atoms with E-state index in [1.54, 1.807) is 18.3 Å². The zero-order chi connectivity index (χ0) is 13.7. The Kier molecular flexibility index (Phi) is 6.06. The summed E-state index contributed by atoms with van der Waals surface area (Å²) in [5.74, 6) is -0.904. The first kappa shape index (κ1) is 16.0. The molecule has 2 aromatic rings. The lowest BCUT2D eigenvalue weighted by Gasteiger charge is -2.07. The van der Waals surface area contributed by atoms with Crippen LogP contribution >= 0.6 is 12.4 Å². The normalized spacial score (nSPS) is 9.85. The molecule has 0 bridgehead atoms. The number of nitrogens with one attached hydrogen (secondary N) is 1. The minimum Gasteiger partial charge on any atom is -0.478 e. The largest absolute Gasteiger partial charge is 0.478 e. The van der Waals surface area contributed by atoms with Gasteiger partial charge in [0.05, 0.1) is 17.4 Å². The number of rotatable bonds is 6. The molecule has 20 heavy (non-hydrogen) atoms. The van der Waals surface area contributed by atoms with E-state index in [9.17, 15) is 4.79 Å². The summed E-state index contributed by atoms with van der Waals surface area (Å²) in [5, 5.41) is 16.5. The summed E-state index contributed by atoms with van der Waals surface area (Å²) in [5.41, 5.74) is 1.99. The van der Waals surface area contributed by atoms with Crippen molar-refractivity contribution in [3.05, 3.63) is 47.8 Å². The fraction of sp³-hybridized carbons (Fsp3) is 0.286. The van der Waals surface area contributed by atoms with Crippen molar-refractivity contribution in [3.63, 3.8) is 0 Å². The highest BCUT2D eigenvalue weighted by atomic mass is 35.5. The van der Waals surface area contributed by atoms with Crippen LogP contribution in [0.3, 0.4) is 0 Å². The van der Waals surface area contributed by atoms with E-state index in [-0.39, 0.29) is 12.4 Å². The number of aryl methyl sites for hydroxylation is 1. The van der Waals surface area contributed by atoms with Gasteiger partial charge in [0, 0.05) is 19.3 Å². The van der Waals surface area contributed by atoms with E-state index in [4.69, 9.17) is 5.11 Å². The lowest BCUT2D eigenvalue weighted by Crippen LogP contribution is -2.06. The van der Waals surface area contributed by atoms with Crippen molar-refractivity contribution in [1.29, 1.82) is 0 Å². The van der Waals surface area contributed by atoms with Crippen LogP contribution in [0.25, 0.3) is 0 Å². The summed E-state index contributed by atoms with van der Waals surface area (Å²) in [7, 11) is 0. The molecule has 6 heteroatoms. The van der Waals surface area contributed by atoms with Gasteiger partial charge in [-0.25, -0.2) is 4.79 Å². The Labute approximate surface area is 124 Å². The summed E-state index contributed by atoms with van der Waals surface area (Å²) in [6, 6.07) is 6.99. The number of carbonyl (C=O) groups is 1. The second-order valence-corrected chi connectivity index (χ2v) is 4.31. The fourth-order valence-electron chi connectivity index (χ4n) is 1.89. The first-order valence-electron chi connectivity index (χ1n) is 6.28. The molecule has 0 unspecified atom stereocenters. The molecule has 2 rings (SSSR count). The zero-order valence-corrected chi connectivity index (χ0v) is 12.1. The number of halogens is 1. The fourth-order valence-corrected chi connectivity index (χ4v) is 1.89. The highest BCUT2D eigenvalue weighted by molar-refractivity contribution is 5.89. The van der Waals surface area contributed by atoms with E-state index < -0.39 is 5.97 Å². The molecular weight excluding hydrogens is 278 g/mol. The molecule has 0 saturated carbocycles. The van der Waals surface area contributed by atoms with E-state index in [0.29, 0.717) is 12.1 Å². The summed E-state index contributed by atoms with van der Waals surface area (Å²) in [6.45, 7) is 3.45. The van der Waals surface area contributed by atoms with Crippen LogP contribution in [-0.2, 0) is 13.1 Å². The maximum Gasteiger partial charge on any atom is 0.336 e. The van der Waals surface area contributed by atoms with Crippen molar-refractivity contribution in [2.24, 2.45) is 0 Å². The number of anilines is 1. The van der Waals surface area contributed by atoms with Crippen LogP contribution in [0, 0.1) is 0 Å². The Balaban J connectivity index is 0.00000200. The highest BCUT2D eigenvalue weighted by Crippen LogP contribution is 2.12. The molecule has 108 valence electrons. The number of aromatic carboxylic acids is 1. The van der Waals surface area contributed by atoms with E-state index in [0.717, 1.165) is 24.2 Å². The van der Waals surface area contributed by atoms with Gasteiger partial charge >= 0.3 is 5.97 Å². The summed E-state index contributed by atoms with van der Waals surface area (Å²) in [6.07, 6.45) is 4.70. The van der Waals surface area contributed by atoms with Gasteiger partial charge in [0.1, 0.15) is 0 Å². The number of hydrogen-bond donors (Lipinski definition) is 2. The van der Waals surface area contributed by atoms with Gasteiger partial charge < -0.3 is 10.4 Å². The topological polar surface area (TPSA) is 67.2 Å². The van der Waals surface area contributed by atoms with Crippen LogP contribution in [0.15, 0.2) is 36.7 Å². The van der Waals surface area contributed by atoms with Crippen molar-refractivity contribution < 1.29 is 9.90 Å². The zero-order valence-electron chi connectivity index (χ0n) is 11.2. The number of aromatic nitrogens is 2. The summed E-state index contributed by atoms with van der Waals surface area (Å²) >= 11 is 0. The molecule has 0 saturated heterocycles. The molecule has 0 aliphatic carbocycles. The van der Waals surface area contributed by atoms with Crippen LogP contribution in [0.4, 0.5) is 5.69 Å². The molecular formula is C14H18ClN3O2. The third kappa shape index (κ3) is 3.99. The number of carboxylic acid groups (broad SMARTS) is 1. The molecule has 0 radical (unpaired) electrons. The van der Waals surface area contributed by atoms with Crippen LogP contribution in [0.2, 0.25) is 0 Å². The van der Waals surface area contributed by atoms with E-state index >= 15 is 0 Å². The minimum atomic E-state index is -0.904. The number of nitrogens with zero attached hydrogens (tertiary/aromatic N) is 2. The number of benzene rings is 1. The van der Waals surface area contributed by atoms with Crippen molar-refractivity contribution in [2.75, 3.05) is 5.32 Å². The maximum atomic E-state index is 11.1. The van der Waals surface area contributed by atoms with Crippen molar-refractivity contribution in [2.45, 2.75) is 26.4 Å². The quantitative estimate of drug-likeness (QED) is 0.859. The molecule has 1 aromatic carbocycles. The summed E-state index contributed by atoms with van der Waals surface area (Å²) in [4.78, 5) is 11.1. The lowest BCUT2D eigenvalue weighted by molar-refractivity contribution is 0.0696. The van der Waals surface area contributed by atoms with Gasteiger partial charge in [-0.2, -0.15) is 5.10 Å². The Hall–Kier alpha value is -2.01. The van der Waals surface area contributed by atoms with Gasteiger partial charge in [0.2, 0.25) is 0 Å². The van der Waals surface area contributed by atoms with Gasteiger partial charge in [0.15, 0.2) is 0 Å². The van der Waals surface area contributed by atoms with Crippen LogP contribution in [0.5, 0.6) is 0 Å². The van der Waals surface area contributed by atoms with Gasteiger partial charge in [-0.05, 0) is 18.1 Å². The van der Waals surface area contributed by atoms with Crippen LogP contribution in [-0.4, -0.2) is 20.9 Å². The van der Waals surface area contributed by atoms with Gasteiger partial charge in [-0.15, -0.1) is 12.4 Å². The van der Waals surface area contributed by atoms with E-state index in [1.165, 1.54) is 0 Å². The molecule has 0 aliphatic heterocycles. The first-order valence-corrected chi connectivity index (χ1v) is 6.28. The molecule has 0 spiro atoms. The summed E-state index contributed by atoms with van der Waals surface area (Å²) < 4.78 is 1.87. The van der Waals surface area contributed by atoms with Crippen molar-refractivity contribution >= 4 is 24.1 Å². The molecule has 1 aromatic heterocycles. The molecule has 1 heterocycles. The third-order valence-corrected chi connectivity index (χ3v) is 2.82. The van der Waals surface area contributed by atoms with Crippen molar-refractivity contribution in [1.82, 2.24) is 9.78 Å². The molecule has 0 amide bonds. The minimum absolute atomic E-state index is 0. The second-order valence-electron chi connectivity index (χ2n) is 4.31. The highest BCUT2D eigenvalue weighted by Gasteiger charge is 2.08. The van der Waals surface area contributed by atoms with Gasteiger partial charge in [-0.3, -0.25) is 4.68 Å². The predicted octanol–water partition coefficient (Wildman–Crippen LogP) is 3.03. The Morgan fingerprint density at radius 2 is 2.15 bits per heavy atom.